The molecular formula is C30H33ClFN3O4. The lowest BCUT2D eigenvalue weighted by Crippen LogP contribution is -2.61. The number of benzene rings is 3. The second kappa shape index (κ2) is 11.7. The maximum absolute atomic E-state index is 13.6. The van der Waals surface area contributed by atoms with Gasteiger partial charge in [-0.1, -0.05) is 60.1 Å². The summed E-state index contributed by atoms with van der Waals surface area (Å²) in [6.45, 7) is 6.47. The standard InChI is InChI=1S/C30H33ClFN3O4/c1-29(2,3)39-28(36)33(20-23-7-5-4-6-8-23)15-16-34-21-24-11-12-26(31)17-25(24)19-30(34,35(37)38)18-22-9-13-27(32)14-10-22/h4-14,17H,15-16,18-21H2,1-3H3. The molecule has 1 aliphatic heterocycles. The highest BCUT2D eigenvalue weighted by Gasteiger charge is 2.51. The average Bonchev–Trinajstić information content (AvgIpc) is 2.87. The fourth-order valence-corrected chi connectivity index (χ4v) is 5.12. The van der Waals surface area contributed by atoms with E-state index in [0.717, 1.165) is 16.7 Å². The van der Waals surface area contributed by atoms with Gasteiger partial charge in [0, 0.05) is 36.1 Å². The second-order valence-electron chi connectivity index (χ2n) is 10.9. The highest BCUT2D eigenvalue weighted by molar-refractivity contribution is 6.30. The van der Waals surface area contributed by atoms with Gasteiger partial charge in [-0.25, -0.2) is 14.1 Å². The molecule has 1 atom stereocenters. The third-order valence-electron chi connectivity index (χ3n) is 6.84. The molecule has 0 aromatic heterocycles. The molecule has 0 aliphatic carbocycles. The van der Waals surface area contributed by atoms with E-state index in [9.17, 15) is 19.3 Å². The number of nitro groups is 1. The number of ether oxygens (including phenoxy) is 1. The van der Waals surface area contributed by atoms with Crippen molar-refractivity contribution in [3.05, 3.63) is 116 Å². The Morgan fingerprint density at radius 3 is 2.41 bits per heavy atom. The molecule has 0 bridgehead atoms. The number of halogens is 2. The van der Waals surface area contributed by atoms with Gasteiger partial charge < -0.3 is 9.64 Å². The van der Waals surface area contributed by atoms with Gasteiger partial charge in [0.25, 0.3) is 5.66 Å². The molecule has 206 valence electrons. The Kier molecular flexibility index (Phi) is 8.57. The Hall–Kier alpha value is -3.49. The van der Waals surface area contributed by atoms with Crippen LogP contribution in [0.15, 0.2) is 72.8 Å². The van der Waals surface area contributed by atoms with E-state index in [-0.39, 0.29) is 30.9 Å². The molecule has 1 aliphatic rings. The average molecular weight is 554 g/mol. The predicted molar refractivity (Wildman–Crippen MR) is 148 cm³/mol. The number of nitrogens with zero attached hydrogens (tertiary/aromatic N) is 3. The Bertz CT molecular complexity index is 1310. The summed E-state index contributed by atoms with van der Waals surface area (Å²) in [7, 11) is 0. The number of rotatable bonds is 8. The number of hydrogen-bond donors (Lipinski definition) is 0. The maximum atomic E-state index is 13.6. The Labute approximate surface area is 233 Å². The van der Waals surface area contributed by atoms with Crippen LogP contribution in [-0.4, -0.2) is 45.2 Å². The Morgan fingerprint density at radius 2 is 1.77 bits per heavy atom. The molecule has 4 rings (SSSR count). The van der Waals surface area contributed by atoms with Crippen LogP contribution < -0.4 is 0 Å². The van der Waals surface area contributed by atoms with Crippen molar-refractivity contribution in [2.24, 2.45) is 0 Å². The molecule has 3 aromatic carbocycles. The number of carbonyl (C=O) groups excluding carboxylic acids is 1. The number of carbonyl (C=O) groups is 1. The molecule has 0 fully saturated rings. The first-order valence-corrected chi connectivity index (χ1v) is 13.3. The van der Waals surface area contributed by atoms with Gasteiger partial charge in [0.2, 0.25) is 0 Å². The second-order valence-corrected chi connectivity index (χ2v) is 11.4. The van der Waals surface area contributed by atoms with Crippen LogP contribution in [0, 0.1) is 15.9 Å². The minimum Gasteiger partial charge on any atom is -0.444 e. The van der Waals surface area contributed by atoms with Crippen molar-refractivity contribution in [3.63, 3.8) is 0 Å². The normalized spacial score (nSPS) is 17.4. The SMILES string of the molecule is CC(C)(C)OC(=O)N(CCN1Cc2ccc(Cl)cc2CC1(Cc1ccc(F)cc1)[N+](=O)[O-])Cc1ccccc1. The van der Waals surface area contributed by atoms with Gasteiger partial charge in [0.15, 0.2) is 0 Å². The van der Waals surface area contributed by atoms with Crippen molar-refractivity contribution in [2.45, 2.75) is 58.0 Å². The first kappa shape index (κ1) is 28.5. The first-order chi connectivity index (χ1) is 18.4. The van der Waals surface area contributed by atoms with E-state index in [1.165, 1.54) is 12.1 Å². The van der Waals surface area contributed by atoms with Crippen molar-refractivity contribution in [3.8, 4) is 0 Å². The molecule has 39 heavy (non-hydrogen) atoms. The molecule has 0 radical (unpaired) electrons. The fourth-order valence-electron chi connectivity index (χ4n) is 4.92. The molecule has 1 heterocycles. The van der Waals surface area contributed by atoms with Crippen LogP contribution in [0.1, 0.15) is 43.0 Å². The van der Waals surface area contributed by atoms with Crippen molar-refractivity contribution >= 4 is 17.7 Å². The summed E-state index contributed by atoms with van der Waals surface area (Å²) in [6, 6.07) is 20.8. The lowest BCUT2D eigenvalue weighted by atomic mass is 9.85. The van der Waals surface area contributed by atoms with Gasteiger partial charge in [0.05, 0.1) is 12.8 Å². The minimum absolute atomic E-state index is 0.0668. The van der Waals surface area contributed by atoms with E-state index >= 15 is 0 Å². The van der Waals surface area contributed by atoms with Crippen molar-refractivity contribution in [2.75, 3.05) is 13.1 Å². The summed E-state index contributed by atoms with van der Waals surface area (Å²) in [6.07, 6.45) is -0.295. The molecule has 0 N–H and O–H groups in total. The first-order valence-electron chi connectivity index (χ1n) is 12.9. The van der Waals surface area contributed by atoms with Crippen LogP contribution in [0.5, 0.6) is 0 Å². The van der Waals surface area contributed by atoms with Crippen LogP contribution in [0.3, 0.4) is 0 Å². The van der Waals surface area contributed by atoms with Gasteiger partial charge in [-0.05, 0) is 67.3 Å². The van der Waals surface area contributed by atoms with Crippen molar-refractivity contribution in [1.29, 1.82) is 0 Å². The van der Waals surface area contributed by atoms with Crippen LogP contribution >= 0.6 is 11.6 Å². The smallest absolute Gasteiger partial charge is 0.410 e. The third-order valence-corrected chi connectivity index (χ3v) is 7.07. The minimum atomic E-state index is -1.51. The van der Waals surface area contributed by atoms with Crippen LogP contribution in [0.4, 0.5) is 9.18 Å². The zero-order chi connectivity index (χ0) is 28.2. The summed E-state index contributed by atoms with van der Waals surface area (Å²) >= 11 is 6.25. The Morgan fingerprint density at radius 1 is 1.08 bits per heavy atom. The van der Waals surface area contributed by atoms with Crippen LogP contribution in [-0.2, 0) is 30.7 Å². The predicted octanol–water partition coefficient (Wildman–Crippen LogP) is 6.49. The molecule has 3 aromatic rings. The summed E-state index contributed by atoms with van der Waals surface area (Å²) in [5.41, 5.74) is 1.13. The molecule has 0 saturated heterocycles. The summed E-state index contributed by atoms with van der Waals surface area (Å²) in [5, 5.41) is 13.4. The lowest BCUT2D eigenvalue weighted by molar-refractivity contribution is -0.604. The Balaban J connectivity index is 1.66. The van der Waals surface area contributed by atoms with Crippen molar-refractivity contribution in [1.82, 2.24) is 9.80 Å². The highest BCUT2D eigenvalue weighted by Crippen LogP contribution is 2.36. The number of hydrogen-bond acceptors (Lipinski definition) is 5. The van der Waals surface area contributed by atoms with Gasteiger partial charge in [0.1, 0.15) is 11.4 Å². The van der Waals surface area contributed by atoms with E-state index in [4.69, 9.17) is 16.3 Å². The largest absolute Gasteiger partial charge is 0.444 e. The fraction of sp³-hybridized carbons (Fsp3) is 0.367. The van der Waals surface area contributed by atoms with E-state index in [1.807, 2.05) is 41.3 Å². The van der Waals surface area contributed by atoms with Crippen LogP contribution in [0.2, 0.25) is 5.02 Å². The summed E-state index contributed by atoms with van der Waals surface area (Å²) in [4.78, 5) is 29.2. The van der Waals surface area contributed by atoms with Gasteiger partial charge in [-0.15, -0.1) is 0 Å². The maximum Gasteiger partial charge on any atom is 0.410 e. The van der Waals surface area contributed by atoms with E-state index in [1.54, 1.807) is 49.9 Å². The number of amides is 1. The van der Waals surface area contributed by atoms with Gasteiger partial charge in [-0.2, -0.15) is 0 Å². The van der Waals surface area contributed by atoms with Crippen LogP contribution in [0.25, 0.3) is 0 Å². The zero-order valence-corrected chi connectivity index (χ0v) is 23.2. The zero-order valence-electron chi connectivity index (χ0n) is 22.4. The molecule has 1 unspecified atom stereocenters. The van der Waals surface area contributed by atoms with E-state index in [2.05, 4.69) is 0 Å². The molecule has 9 heteroatoms. The molecule has 7 nitrogen and oxygen atoms in total. The van der Waals surface area contributed by atoms with E-state index < -0.39 is 23.2 Å². The van der Waals surface area contributed by atoms with Gasteiger partial charge in [-0.3, -0.25) is 10.1 Å². The summed E-state index contributed by atoms with van der Waals surface area (Å²) < 4.78 is 19.3. The quantitative estimate of drug-likeness (QED) is 0.235. The van der Waals surface area contributed by atoms with Crippen molar-refractivity contribution < 1.29 is 18.8 Å². The molecular weight excluding hydrogens is 521 g/mol. The highest BCUT2D eigenvalue weighted by atomic mass is 35.5. The molecule has 0 spiro atoms. The number of fused-ring (bicyclic) bond motifs is 1. The van der Waals surface area contributed by atoms with Gasteiger partial charge >= 0.3 is 6.09 Å². The lowest BCUT2D eigenvalue weighted by Gasteiger charge is -2.42. The molecule has 1 amide bonds. The topological polar surface area (TPSA) is 75.9 Å². The van der Waals surface area contributed by atoms with E-state index in [0.29, 0.717) is 23.7 Å². The molecule has 0 saturated carbocycles. The summed E-state index contributed by atoms with van der Waals surface area (Å²) in [5.74, 6) is -0.402. The third kappa shape index (κ3) is 7.13. The monoisotopic (exact) mass is 553 g/mol.